The minimum absolute atomic E-state index is 0.0607. The van der Waals surface area contributed by atoms with Crippen molar-refractivity contribution in [2.24, 2.45) is 0 Å². The first-order valence-electron chi connectivity index (χ1n) is 5.20. The lowest BCUT2D eigenvalue weighted by molar-refractivity contribution is 0.0924. The molecule has 1 aromatic carbocycles. The Hall–Kier alpha value is -1.81. The van der Waals surface area contributed by atoms with Crippen LogP contribution in [0.25, 0.3) is 10.9 Å². The molecule has 0 saturated heterocycles. The fourth-order valence-electron chi connectivity index (χ4n) is 1.63. The van der Waals surface area contributed by atoms with Gasteiger partial charge in [0, 0.05) is 28.7 Å². The Kier molecular flexibility index (Phi) is 2.92. The lowest BCUT2D eigenvalue weighted by Gasteiger charge is -2.11. The van der Waals surface area contributed by atoms with Crippen LogP contribution in [-0.2, 0) is 0 Å². The monoisotopic (exact) mass is 218 g/mol. The van der Waals surface area contributed by atoms with Crippen molar-refractivity contribution in [1.29, 1.82) is 0 Å². The molecule has 16 heavy (non-hydrogen) atoms. The Bertz CT molecular complexity index is 504. The van der Waals surface area contributed by atoms with Crippen molar-refractivity contribution in [2.75, 3.05) is 6.61 Å². The van der Waals surface area contributed by atoms with Crippen LogP contribution in [-0.4, -0.2) is 28.6 Å². The summed E-state index contributed by atoms with van der Waals surface area (Å²) in [6.07, 6.45) is 1.80. The molecule has 4 nitrogen and oxygen atoms in total. The molecule has 2 aromatic rings. The van der Waals surface area contributed by atoms with Gasteiger partial charge < -0.3 is 15.4 Å². The average molecular weight is 218 g/mol. The maximum Gasteiger partial charge on any atom is 0.252 e. The number of carbonyl (C=O) groups is 1. The number of hydrogen-bond acceptors (Lipinski definition) is 2. The highest BCUT2D eigenvalue weighted by molar-refractivity contribution is 6.06. The van der Waals surface area contributed by atoms with E-state index >= 15 is 0 Å². The minimum atomic E-state index is -0.235. The predicted octanol–water partition coefficient (Wildman–Crippen LogP) is 1.28. The Labute approximate surface area is 93.3 Å². The summed E-state index contributed by atoms with van der Waals surface area (Å²) in [7, 11) is 0. The fraction of sp³-hybridized carbons (Fsp3) is 0.250. The second-order valence-electron chi connectivity index (χ2n) is 3.80. The van der Waals surface area contributed by atoms with E-state index in [1.54, 1.807) is 19.2 Å². The number of aliphatic hydroxyl groups is 1. The Balaban J connectivity index is 2.32. The van der Waals surface area contributed by atoms with Crippen LogP contribution in [0.1, 0.15) is 17.3 Å². The number of fused-ring (bicyclic) bond motifs is 1. The maximum absolute atomic E-state index is 11.9. The summed E-state index contributed by atoms with van der Waals surface area (Å²) in [6.45, 7) is 1.70. The number of nitrogens with one attached hydrogen (secondary N) is 2. The molecule has 84 valence electrons. The molecule has 3 N–H and O–H groups in total. The first kappa shape index (κ1) is 10.7. The van der Waals surface area contributed by atoms with Gasteiger partial charge in [0.05, 0.1) is 6.61 Å². The highest BCUT2D eigenvalue weighted by atomic mass is 16.3. The number of amides is 1. The summed E-state index contributed by atoms with van der Waals surface area (Å²) >= 11 is 0. The number of aromatic amines is 1. The van der Waals surface area contributed by atoms with E-state index in [1.165, 1.54) is 0 Å². The highest BCUT2D eigenvalue weighted by Gasteiger charge is 2.12. The molecular formula is C12H14N2O2. The van der Waals surface area contributed by atoms with Crippen LogP contribution in [0.15, 0.2) is 30.5 Å². The third-order valence-corrected chi connectivity index (χ3v) is 2.49. The average Bonchev–Trinajstić information content (AvgIpc) is 2.76. The van der Waals surface area contributed by atoms with E-state index in [2.05, 4.69) is 10.3 Å². The molecule has 0 fully saturated rings. The molecule has 0 aliphatic heterocycles. The summed E-state index contributed by atoms with van der Waals surface area (Å²) in [4.78, 5) is 14.9. The van der Waals surface area contributed by atoms with E-state index in [-0.39, 0.29) is 18.6 Å². The van der Waals surface area contributed by atoms with Gasteiger partial charge in [-0.1, -0.05) is 6.07 Å². The fourth-order valence-corrected chi connectivity index (χ4v) is 1.63. The van der Waals surface area contributed by atoms with Crippen LogP contribution in [0, 0.1) is 0 Å². The van der Waals surface area contributed by atoms with Gasteiger partial charge in [-0.3, -0.25) is 4.79 Å². The van der Waals surface area contributed by atoms with Crippen molar-refractivity contribution >= 4 is 16.8 Å². The standard InChI is InChI=1S/C12H14N2O2/c1-8(7-15)14-12(16)10-3-2-4-11-9(10)5-6-13-11/h2-6,8,13,15H,7H2,1H3,(H,14,16)/t8-/m1/s1. The third kappa shape index (κ3) is 1.92. The number of H-pyrrole nitrogens is 1. The van der Waals surface area contributed by atoms with Gasteiger partial charge in [-0.15, -0.1) is 0 Å². The molecule has 0 aliphatic rings. The van der Waals surface area contributed by atoms with Crippen molar-refractivity contribution in [3.63, 3.8) is 0 Å². The molecule has 0 bridgehead atoms. The molecule has 0 spiro atoms. The minimum Gasteiger partial charge on any atom is -0.394 e. The van der Waals surface area contributed by atoms with Crippen molar-refractivity contribution in [2.45, 2.75) is 13.0 Å². The highest BCUT2D eigenvalue weighted by Crippen LogP contribution is 2.17. The smallest absolute Gasteiger partial charge is 0.252 e. The van der Waals surface area contributed by atoms with Crippen LogP contribution in [0.2, 0.25) is 0 Å². The molecule has 1 aromatic heterocycles. The summed E-state index contributed by atoms with van der Waals surface area (Å²) < 4.78 is 0. The molecule has 0 unspecified atom stereocenters. The van der Waals surface area contributed by atoms with Crippen molar-refractivity contribution in [3.8, 4) is 0 Å². The number of aliphatic hydroxyl groups excluding tert-OH is 1. The van der Waals surface area contributed by atoms with Crippen LogP contribution in [0.5, 0.6) is 0 Å². The Morgan fingerprint density at radius 1 is 1.50 bits per heavy atom. The van der Waals surface area contributed by atoms with Crippen LogP contribution < -0.4 is 5.32 Å². The first-order valence-corrected chi connectivity index (χ1v) is 5.20. The van der Waals surface area contributed by atoms with Crippen molar-refractivity contribution in [3.05, 3.63) is 36.0 Å². The number of rotatable bonds is 3. The van der Waals surface area contributed by atoms with E-state index in [0.717, 1.165) is 10.9 Å². The zero-order valence-corrected chi connectivity index (χ0v) is 9.03. The van der Waals surface area contributed by atoms with Gasteiger partial charge in [0.25, 0.3) is 5.91 Å². The van der Waals surface area contributed by atoms with E-state index < -0.39 is 0 Å². The van der Waals surface area contributed by atoms with Gasteiger partial charge in [0.1, 0.15) is 0 Å². The largest absolute Gasteiger partial charge is 0.394 e. The van der Waals surface area contributed by atoms with Crippen molar-refractivity contribution < 1.29 is 9.90 Å². The molecule has 4 heteroatoms. The van der Waals surface area contributed by atoms with Gasteiger partial charge >= 0.3 is 0 Å². The van der Waals surface area contributed by atoms with Crippen LogP contribution >= 0.6 is 0 Å². The second kappa shape index (κ2) is 4.37. The van der Waals surface area contributed by atoms with Gasteiger partial charge in [-0.25, -0.2) is 0 Å². The number of hydrogen-bond donors (Lipinski definition) is 3. The lowest BCUT2D eigenvalue weighted by atomic mass is 10.1. The van der Waals surface area contributed by atoms with E-state index in [0.29, 0.717) is 5.56 Å². The molecule has 0 radical (unpaired) electrons. The third-order valence-electron chi connectivity index (χ3n) is 2.49. The van der Waals surface area contributed by atoms with Gasteiger partial charge in [0.15, 0.2) is 0 Å². The first-order chi connectivity index (χ1) is 7.72. The number of aromatic nitrogens is 1. The summed E-state index contributed by atoms with van der Waals surface area (Å²) in [5, 5.41) is 12.5. The molecule has 0 aliphatic carbocycles. The zero-order chi connectivity index (χ0) is 11.5. The maximum atomic E-state index is 11.9. The topological polar surface area (TPSA) is 65.1 Å². The van der Waals surface area contributed by atoms with E-state index in [9.17, 15) is 4.79 Å². The van der Waals surface area contributed by atoms with Gasteiger partial charge in [-0.05, 0) is 25.1 Å². The second-order valence-corrected chi connectivity index (χ2v) is 3.80. The molecular weight excluding hydrogens is 204 g/mol. The molecule has 1 atom stereocenters. The summed E-state index contributed by atoms with van der Waals surface area (Å²) in [5.41, 5.74) is 1.56. The lowest BCUT2D eigenvalue weighted by Crippen LogP contribution is -2.35. The van der Waals surface area contributed by atoms with Crippen molar-refractivity contribution in [1.82, 2.24) is 10.3 Å². The van der Waals surface area contributed by atoms with E-state index in [4.69, 9.17) is 5.11 Å². The Morgan fingerprint density at radius 3 is 3.06 bits per heavy atom. The summed E-state index contributed by atoms with van der Waals surface area (Å²) in [6, 6.07) is 7.16. The SMILES string of the molecule is C[C@H](CO)NC(=O)c1cccc2[nH]ccc12. The number of carbonyl (C=O) groups excluding carboxylic acids is 1. The zero-order valence-electron chi connectivity index (χ0n) is 9.03. The molecule has 2 rings (SSSR count). The van der Waals surface area contributed by atoms with Crippen LogP contribution in [0.3, 0.4) is 0 Å². The molecule has 1 amide bonds. The molecule has 0 saturated carbocycles. The quantitative estimate of drug-likeness (QED) is 0.726. The van der Waals surface area contributed by atoms with Gasteiger partial charge in [-0.2, -0.15) is 0 Å². The summed E-state index contributed by atoms with van der Waals surface area (Å²) in [5.74, 6) is -0.160. The van der Waals surface area contributed by atoms with Gasteiger partial charge in [0.2, 0.25) is 0 Å². The van der Waals surface area contributed by atoms with E-state index in [1.807, 2.05) is 18.2 Å². The Morgan fingerprint density at radius 2 is 2.31 bits per heavy atom. The number of benzene rings is 1. The normalized spacial score (nSPS) is 12.6. The molecule has 1 heterocycles. The van der Waals surface area contributed by atoms with Crippen LogP contribution in [0.4, 0.5) is 0 Å². The predicted molar refractivity (Wildman–Crippen MR) is 62.3 cm³/mol.